The predicted molar refractivity (Wildman–Crippen MR) is 89.4 cm³/mol. The van der Waals surface area contributed by atoms with Crippen molar-refractivity contribution in [1.29, 1.82) is 0 Å². The molecular formula is C14H13Cl2IN2. The van der Waals surface area contributed by atoms with Crippen LogP contribution in [0.3, 0.4) is 0 Å². The number of nitrogens with two attached hydrogens (primary N) is 1. The molecule has 0 aliphatic rings. The van der Waals surface area contributed by atoms with E-state index in [1.807, 2.05) is 12.1 Å². The second-order valence-electron chi connectivity index (χ2n) is 4.22. The molecule has 2 nitrogen and oxygen atoms in total. The third-order valence-corrected chi connectivity index (χ3v) is 4.17. The normalized spacial score (nSPS) is 12.4. The molecule has 0 fully saturated rings. The van der Waals surface area contributed by atoms with Gasteiger partial charge in [0.25, 0.3) is 0 Å². The zero-order valence-corrected chi connectivity index (χ0v) is 13.7. The highest BCUT2D eigenvalue weighted by molar-refractivity contribution is 14.1. The Morgan fingerprint density at radius 3 is 2.37 bits per heavy atom. The summed E-state index contributed by atoms with van der Waals surface area (Å²) in [5.41, 5.74) is 4.97. The van der Waals surface area contributed by atoms with Crippen LogP contribution in [0.2, 0.25) is 10.0 Å². The fourth-order valence-corrected chi connectivity index (χ4v) is 2.80. The van der Waals surface area contributed by atoms with E-state index in [1.54, 1.807) is 6.07 Å². The van der Waals surface area contributed by atoms with Crippen molar-refractivity contribution >= 4 is 45.8 Å². The topological polar surface area (TPSA) is 38.0 Å². The van der Waals surface area contributed by atoms with Crippen molar-refractivity contribution in [1.82, 2.24) is 5.43 Å². The predicted octanol–water partition coefficient (Wildman–Crippen LogP) is 4.35. The smallest absolute Gasteiger partial charge is 0.0515 e. The van der Waals surface area contributed by atoms with Crippen molar-refractivity contribution in [2.45, 2.75) is 12.5 Å². The summed E-state index contributed by atoms with van der Waals surface area (Å²) in [4.78, 5) is 0. The van der Waals surface area contributed by atoms with Gasteiger partial charge in [0.05, 0.1) is 6.04 Å². The monoisotopic (exact) mass is 406 g/mol. The van der Waals surface area contributed by atoms with Crippen LogP contribution < -0.4 is 11.3 Å². The summed E-state index contributed by atoms with van der Waals surface area (Å²) in [6, 6.07) is 13.8. The molecule has 0 heterocycles. The number of hydrogen-bond donors (Lipinski definition) is 2. The maximum absolute atomic E-state index is 6.21. The lowest BCUT2D eigenvalue weighted by molar-refractivity contribution is 0.552. The molecule has 0 aromatic heterocycles. The Morgan fingerprint density at radius 1 is 1.11 bits per heavy atom. The summed E-state index contributed by atoms with van der Waals surface area (Å²) in [5.74, 6) is 5.65. The van der Waals surface area contributed by atoms with Gasteiger partial charge in [0.2, 0.25) is 0 Å². The molecule has 2 rings (SSSR count). The summed E-state index contributed by atoms with van der Waals surface area (Å²) in [6.07, 6.45) is 0.773. The van der Waals surface area contributed by atoms with Crippen LogP contribution in [0.15, 0.2) is 42.5 Å². The molecule has 0 saturated heterocycles. The van der Waals surface area contributed by atoms with Crippen molar-refractivity contribution in [2.24, 2.45) is 5.84 Å². The Morgan fingerprint density at radius 2 is 1.79 bits per heavy atom. The van der Waals surface area contributed by atoms with E-state index in [9.17, 15) is 0 Å². The van der Waals surface area contributed by atoms with E-state index < -0.39 is 0 Å². The molecule has 0 saturated carbocycles. The Bertz CT molecular complexity index is 558. The second-order valence-corrected chi connectivity index (χ2v) is 6.30. The van der Waals surface area contributed by atoms with E-state index in [0.29, 0.717) is 10.0 Å². The lowest BCUT2D eigenvalue weighted by Gasteiger charge is -2.18. The van der Waals surface area contributed by atoms with E-state index in [0.717, 1.165) is 12.0 Å². The van der Waals surface area contributed by atoms with Gasteiger partial charge in [-0.05, 0) is 64.4 Å². The SMILES string of the molecule is NNC(Cc1ccc(I)cc1)c1ccc(Cl)cc1Cl. The average Bonchev–Trinajstić information content (AvgIpc) is 2.39. The first-order valence-corrected chi connectivity index (χ1v) is 7.59. The molecule has 1 unspecified atom stereocenters. The van der Waals surface area contributed by atoms with E-state index in [-0.39, 0.29) is 6.04 Å². The zero-order chi connectivity index (χ0) is 13.8. The molecule has 0 aliphatic carbocycles. The van der Waals surface area contributed by atoms with Crippen molar-refractivity contribution in [3.8, 4) is 0 Å². The van der Waals surface area contributed by atoms with Crippen LogP contribution in [-0.4, -0.2) is 0 Å². The van der Waals surface area contributed by atoms with Gasteiger partial charge < -0.3 is 0 Å². The summed E-state index contributed by atoms with van der Waals surface area (Å²) in [6.45, 7) is 0. The number of nitrogens with one attached hydrogen (secondary N) is 1. The van der Waals surface area contributed by atoms with Crippen molar-refractivity contribution < 1.29 is 0 Å². The molecular weight excluding hydrogens is 394 g/mol. The fourth-order valence-electron chi connectivity index (χ4n) is 1.90. The van der Waals surface area contributed by atoms with Gasteiger partial charge in [-0.15, -0.1) is 0 Å². The standard InChI is InChI=1S/C14H13Cl2IN2/c15-10-3-6-12(13(16)8-10)14(19-18)7-9-1-4-11(17)5-2-9/h1-6,8,14,19H,7,18H2. The molecule has 2 aromatic rings. The average molecular weight is 407 g/mol. The van der Waals surface area contributed by atoms with Gasteiger partial charge in [0, 0.05) is 13.6 Å². The van der Waals surface area contributed by atoms with Crippen LogP contribution >= 0.6 is 45.8 Å². The first kappa shape index (κ1) is 15.1. The molecule has 100 valence electrons. The molecule has 19 heavy (non-hydrogen) atoms. The number of hydrazine groups is 1. The summed E-state index contributed by atoms with van der Waals surface area (Å²) >= 11 is 14.4. The molecule has 5 heteroatoms. The van der Waals surface area contributed by atoms with Crippen LogP contribution in [0.4, 0.5) is 0 Å². The summed E-state index contributed by atoms with van der Waals surface area (Å²) in [5, 5.41) is 1.25. The zero-order valence-electron chi connectivity index (χ0n) is 10.0. The molecule has 0 bridgehead atoms. The van der Waals surface area contributed by atoms with Gasteiger partial charge in [-0.3, -0.25) is 11.3 Å². The molecule has 0 aliphatic heterocycles. The Kier molecular flexibility index (Phi) is 5.47. The first-order chi connectivity index (χ1) is 9.10. The van der Waals surface area contributed by atoms with Gasteiger partial charge in [-0.25, -0.2) is 0 Å². The highest BCUT2D eigenvalue weighted by Crippen LogP contribution is 2.28. The molecule has 1 atom stereocenters. The summed E-state index contributed by atoms with van der Waals surface area (Å²) in [7, 11) is 0. The maximum Gasteiger partial charge on any atom is 0.0515 e. The number of rotatable bonds is 4. The second kappa shape index (κ2) is 6.90. The number of halogens is 3. The first-order valence-electron chi connectivity index (χ1n) is 5.75. The van der Waals surface area contributed by atoms with Crippen LogP contribution in [0, 0.1) is 3.57 Å². The highest BCUT2D eigenvalue weighted by atomic mass is 127. The lowest BCUT2D eigenvalue weighted by atomic mass is 9.99. The fraction of sp³-hybridized carbons (Fsp3) is 0.143. The van der Waals surface area contributed by atoms with Gasteiger partial charge in [0.1, 0.15) is 0 Å². The molecule has 3 N–H and O–H groups in total. The van der Waals surface area contributed by atoms with Crippen LogP contribution in [-0.2, 0) is 6.42 Å². The molecule has 2 aromatic carbocycles. The van der Waals surface area contributed by atoms with Gasteiger partial charge in [0.15, 0.2) is 0 Å². The van der Waals surface area contributed by atoms with Crippen LogP contribution in [0.1, 0.15) is 17.2 Å². The van der Waals surface area contributed by atoms with Crippen LogP contribution in [0.25, 0.3) is 0 Å². The van der Waals surface area contributed by atoms with E-state index in [2.05, 4.69) is 52.3 Å². The minimum Gasteiger partial charge on any atom is -0.271 e. The maximum atomic E-state index is 6.21. The minimum atomic E-state index is -0.0372. The Hall–Kier alpha value is -0.330. The third-order valence-electron chi connectivity index (χ3n) is 2.89. The summed E-state index contributed by atoms with van der Waals surface area (Å²) < 4.78 is 1.21. The number of benzene rings is 2. The van der Waals surface area contributed by atoms with Gasteiger partial charge >= 0.3 is 0 Å². The molecule has 0 spiro atoms. The van der Waals surface area contributed by atoms with Crippen molar-refractivity contribution in [2.75, 3.05) is 0 Å². The third kappa shape index (κ3) is 4.07. The lowest BCUT2D eigenvalue weighted by Crippen LogP contribution is -2.29. The van der Waals surface area contributed by atoms with E-state index in [4.69, 9.17) is 29.0 Å². The largest absolute Gasteiger partial charge is 0.271 e. The van der Waals surface area contributed by atoms with Crippen molar-refractivity contribution in [3.63, 3.8) is 0 Å². The quantitative estimate of drug-likeness (QED) is 0.450. The van der Waals surface area contributed by atoms with Crippen molar-refractivity contribution in [3.05, 3.63) is 67.2 Å². The molecule has 0 amide bonds. The molecule has 0 radical (unpaired) electrons. The highest BCUT2D eigenvalue weighted by Gasteiger charge is 2.14. The Labute approximate surface area is 136 Å². The van der Waals surface area contributed by atoms with Gasteiger partial charge in [-0.1, -0.05) is 41.4 Å². The van der Waals surface area contributed by atoms with Gasteiger partial charge in [-0.2, -0.15) is 0 Å². The Balaban J connectivity index is 2.22. The van der Waals surface area contributed by atoms with E-state index in [1.165, 1.54) is 9.13 Å². The van der Waals surface area contributed by atoms with E-state index >= 15 is 0 Å². The minimum absolute atomic E-state index is 0.0372. The number of hydrogen-bond acceptors (Lipinski definition) is 2. The van der Waals surface area contributed by atoms with Crippen LogP contribution in [0.5, 0.6) is 0 Å².